The van der Waals surface area contributed by atoms with E-state index in [-0.39, 0.29) is 5.84 Å². The highest BCUT2D eigenvalue weighted by Gasteiger charge is 2.47. The molecule has 5 nitrogen and oxygen atoms in total. The summed E-state index contributed by atoms with van der Waals surface area (Å²) in [5.74, 6) is -2.17. The van der Waals surface area contributed by atoms with Crippen LogP contribution in [0.15, 0.2) is 28.9 Å². The van der Waals surface area contributed by atoms with Crippen molar-refractivity contribution in [2.24, 2.45) is 4.99 Å². The molecule has 1 amide bonds. The molecule has 0 aromatic carbocycles. The third-order valence-corrected chi connectivity index (χ3v) is 2.98. The molecule has 0 saturated heterocycles. The maximum absolute atomic E-state index is 12.6. The summed E-state index contributed by atoms with van der Waals surface area (Å²) in [6, 6.07) is 0. The van der Waals surface area contributed by atoms with Crippen molar-refractivity contribution in [1.82, 2.24) is 4.90 Å². The number of amides is 1. The largest absolute Gasteiger partial charge is 0.479 e. The minimum Gasteiger partial charge on any atom is -0.479 e. The lowest BCUT2D eigenvalue weighted by atomic mass is 9.92. The first-order chi connectivity index (χ1) is 8.64. The maximum Gasteiger partial charge on any atom is 0.417 e. The first-order valence-electron chi connectivity index (χ1n) is 5.26. The van der Waals surface area contributed by atoms with Crippen molar-refractivity contribution in [2.45, 2.75) is 25.1 Å². The smallest absolute Gasteiger partial charge is 0.417 e. The molecule has 1 N–H and O–H groups in total. The van der Waals surface area contributed by atoms with Crippen molar-refractivity contribution in [3.05, 3.63) is 23.9 Å². The molecular formula is C11H9F3N2O3. The van der Waals surface area contributed by atoms with E-state index >= 15 is 0 Å². The number of allylic oxidation sites excluding steroid dienone is 2. The zero-order valence-corrected chi connectivity index (χ0v) is 9.73. The van der Waals surface area contributed by atoms with Crippen LogP contribution in [0.3, 0.4) is 0 Å². The van der Waals surface area contributed by atoms with Crippen molar-refractivity contribution in [2.75, 3.05) is 0 Å². The summed E-state index contributed by atoms with van der Waals surface area (Å²) >= 11 is 0. The number of hydrogen-bond donors (Lipinski definition) is 1. The number of rotatable bonds is 1. The van der Waals surface area contributed by atoms with Crippen molar-refractivity contribution in [1.29, 1.82) is 0 Å². The molecule has 2 aliphatic heterocycles. The van der Waals surface area contributed by atoms with Crippen molar-refractivity contribution in [3.63, 3.8) is 0 Å². The topological polar surface area (TPSA) is 70.0 Å². The fourth-order valence-electron chi connectivity index (χ4n) is 1.87. The van der Waals surface area contributed by atoms with Gasteiger partial charge in [-0.3, -0.25) is 4.79 Å². The number of alkyl halides is 3. The third kappa shape index (κ3) is 2.13. The number of carboxylic acids is 1. The highest BCUT2D eigenvalue weighted by Crippen LogP contribution is 2.34. The van der Waals surface area contributed by atoms with Crippen LogP contribution in [0, 0.1) is 0 Å². The van der Waals surface area contributed by atoms with E-state index in [1.54, 1.807) is 0 Å². The summed E-state index contributed by atoms with van der Waals surface area (Å²) in [6.07, 6.45) is -2.67. The van der Waals surface area contributed by atoms with E-state index in [1.807, 2.05) is 0 Å². The number of carbonyl (C=O) groups is 2. The second kappa shape index (κ2) is 3.94. The minimum absolute atomic E-state index is 0.103. The van der Waals surface area contributed by atoms with Crippen LogP contribution in [-0.2, 0) is 9.59 Å². The highest BCUT2D eigenvalue weighted by molar-refractivity contribution is 6.08. The molecule has 0 radical (unpaired) electrons. The van der Waals surface area contributed by atoms with E-state index in [1.165, 1.54) is 6.92 Å². The van der Waals surface area contributed by atoms with Crippen LogP contribution in [0.5, 0.6) is 0 Å². The number of amidine groups is 1. The van der Waals surface area contributed by atoms with Gasteiger partial charge in [0.1, 0.15) is 11.4 Å². The summed E-state index contributed by atoms with van der Waals surface area (Å²) in [7, 11) is 0. The van der Waals surface area contributed by atoms with Gasteiger partial charge in [-0.25, -0.2) is 4.79 Å². The zero-order chi connectivity index (χ0) is 14.4. The molecule has 102 valence electrons. The van der Waals surface area contributed by atoms with Gasteiger partial charge in [-0.1, -0.05) is 0 Å². The van der Waals surface area contributed by atoms with Gasteiger partial charge in [0.15, 0.2) is 0 Å². The number of carbonyl (C=O) groups excluding carboxylic acids is 1. The summed E-state index contributed by atoms with van der Waals surface area (Å²) in [5.41, 5.74) is -2.76. The van der Waals surface area contributed by atoms with Gasteiger partial charge in [0.25, 0.3) is 5.91 Å². The fourth-order valence-corrected chi connectivity index (χ4v) is 1.87. The van der Waals surface area contributed by atoms with Crippen LogP contribution in [0.2, 0.25) is 0 Å². The maximum atomic E-state index is 12.6. The molecule has 2 heterocycles. The minimum atomic E-state index is -4.59. The van der Waals surface area contributed by atoms with E-state index in [9.17, 15) is 22.8 Å². The number of hydrogen-bond acceptors (Lipinski definition) is 3. The molecular weight excluding hydrogens is 265 g/mol. The predicted octanol–water partition coefficient (Wildman–Crippen LogP) is 1.48. The number of nitrogens with zero attached hydrogens (tertiary/aromatic N) is 2. The number of fused-ring (bicyclic) bond motifs is 1. The van der Waals surface area contributed by atoms with Crippen molar-refractivity contribution >= 4 is 17.7 Å². The second-order valence-electron chi connectivity index (χ2n) is 4.41. The van der Waals surface area contributed by atoms with Crippen LogP contribution >= 0.6 is 0 Å². The van der Waals surface area contributed by atoms with Gasteiger partial charge >= 0.3 is 12.1 Å². The predicted molar refractivity (Wildman–Crippen MR) is 58.2 cm³/mol. The van der Waals surface area contributed by atoms with E-state index in [0.717, 1.165) is 17.1 Å². The van der Waals surface area contributed by atoms with Crippen molar-refractivity contribution in [3.8, 4) is 0 Å². The molecule has 0 aromatic heterocycles. The second-order valence-corrected chi connectivity index (χ2v) is 4.41. The Balaban J connectivity index is 2.53. The summed E-state index contributed by atoms with van der Waals surface area (Å²) < 4.78 is 37.9. The summed E-state index contributed by atoms with van der Waals surface area (Å²) in [5, 5.41) is 9.16. The summed E-state index contributed by atoms with van der Waals surface area (Å²) in [4.78, 5) is 27.0. The Morgan fingerprint density at radius 1 is 1.47 bits per heavy atom. The quantitative estimate of drug-likeness (QED) is 0.786. The Bertz CT molecular complexity index is 548. The average molecular weight is 274 g/mol. The lowest BCUT2D eigenvalue weighted by Crippen LogP contribution is -2.56. The first kappa shape index (κ1) is 13.3. The molecule has 8 heteroatoms. The lowest BCUT2D eigenvalue weighted by molar-refractivity contribution is -0.150. The van der Waals surface area contributed by atoms with Crippen LogP contribution in [0.25, 0.3) is 0 Å². The van der Waals surface area contributed by atoms with Gasteiger partial charge in [-0.05, 0) is 19.1 Å². The van der Waals surface area contributed by atoms with E-state index < -0.39 is 35.6 Å². The molecule has 0 spiro atoms. The SMILES string of the molecule is CC1(C(=O)O)CC(=O)N=C2C=CC(C(F)(F)F)=CN21. The Hall–Kier alpha value is -2.12. The standard InChI is InChI=1S/C11H9F3N2O3/c1-10(9(18)19)4-8(17)15-7-3-2-6(5-16(7)10)11(12,13)14/h2-3,5H,4H2,1H3,(H,18,19). The van der Waals surface area contributed by atoms with Crippen LogP contribution in [0.1, 0.15) is 13.3 Å². The average Bonchev–Trinajstić information content (AvgIpc) is 2.26. The van der Waals surface area contributed by atoms with Gasteiger partial charge < -0.3 is 10.0 Å². The number of aliphatic imine (C=N–C) groups is 1. The molecule has 0 saturated carbocycles. The number of carboxylic acid groups (broad SMARTS) is 1. The van der Waals surface area contributed by atoms with E-state index in [4.69, 9.17) is 5.11 Å². The molecule has 19 heavy (non-hydrogen) atoms. The van der Waals surface area contributed by atoms with Gasteiger partial charge in [0.2, 0.25) is 0 Å². The highest BCUT2D eigenvalue weighted by atomic mass is 19.4. The Labute approximate surface area is 105 Å². The van der Waals surface area contributed by atoms with Gasteiger partial charge in [0.05, 0.1) is 12.0 Å². The van der Waals surface area contributed by atoms with Crippen molar-refractivity contribution < 1.29 is 27.9 Å². The van der Waals surface area contributed by atoms with Gasteiger partial charge in [0, 0.05) is 6.20 Å². The monoisotopic (exact) mass is 274 g/mol. The van der Waals surface area contributed by atoms with Gasteiger partial charge in [-0.15, -0.1) is 0 Å². The molecule has 1 unspecified atom stereocenters. The normalized spacial score (nSPS) is 26.7. The molecule has 2 aliphatic rings. The van der Waals surface area contributed by atoms with E-state index in [0.29, 0.717) is 6.20 Å². The molecule has 0 aliphatic carbocycles. The molecule has 0 fully saturated rings. The fraction of sp³-hybridized carbons (Fsp3) is 0.364. The Morgan fingerprint density at radius 3 is 2.63 bits per heavy atom. The first-order valence-corrected chi connectivity index (χ1v) is 5.26. The molecule has 0 bridgehead atoms. The number of aliphatic carboxylic acids is 1. The van der Waals surface area contributed by atoms with Crippen LogP contribution in [0.4, 0.5) is 13.2 Å². The molecule has 2 rings (SSSR count). The molecule has 0 aromatic rings. The van der Waals surface area contributed by atoms with Gasteiger partial charge in [-0.2, -0.15) is 18.2 Å². The number of halogens is 3. The van der Waals surface area contributed by atoms with Crippen LogP contribution in [-0.4, -0.2) is 39.4 Å². The Kier molecular flexibility index (Phi) is 2.76. The Morgan fingerprint density at radius 2 is 2.11 bits per heavy atom. The summed E-state index contributed by atoms with van der Waals surface area (Å²) in [6.45, 7) is 1.19. The lowest BCUT2D eigenvalue weighted by Gasteiger charge is -2.40. The zero-order valence-electron chi connectivity index (χ0n) is 9.73. The molecule has 1 atom stereocenters. The van der Waals surface area contributed by atoms with E-state index in [2.05, 4.69) is 4.99 Å². The van der Waals surface area contributed by atoms with Crippen LogP contribution < -0.4 is 0 Å². The third-order valence-electron chi connectivity index (χ3n) is 2.98.